The van der Waals surface area contributed by atoms with Gasteiger partial charge in [-0.3, -0.25) is 4.79 Å². The fourth-order valence-electron chi connectivity index (χ4n) is 1.87. The van der Waals surface area contributed by atoms with E-state index in [-0.39, 0.29) is 18.1 Å². The number of Topliss-reactive ketones (excluding diaryl/α,β-unsaturated/α-hetero) is 1. The van der Waals surface area contributed by atoms with Gasteiger partial charge in [0.25, 0.3) is 0 Å². The second-order valence-electron chi connectivity index (χ2n) is 4.23. The maximum absolute atomic E-state index is 12.2. The van der Waals surface area contributed by atoms with Gasteiger partial charge >= 0.3 is 0 Å². The molecule has 0 spiro atoms. The van der Waals surface area contributed by atoms with E-state index >= 15 is 0 Å². The minimum absolute atomic E-state index is 0.0819. The van der Waals surface area contributed by atoms with Crippen molar-refractivity contribution in [2.75, 3.05) is 14.2 Å². The Balaban J connectivity index is 2.21. The molecule has 1 aromatic carbocycles. The van der Waals surface area contributed by atoms with Crippen molar-refractivity contribution in [2.45, 2.75) is 6.54 Å². The topological polar surface area (TPSA) is 59.6 Å². The van der Waals surface area contributed by atoms with E-state index in [9.17, 15) is 9.90 Å². The van der Waals surface area contributed by atoms with Crippen molar-refractivity contribution in [1.82, 2.24) is 0 Å². The second-order valence-corrected chi connectivity index (χ2v) is 4.23. The molecule has 0 aliphatic heterocycles. The number of carbonyl (C=O) groups excluding carboxylic acids is 1. The van der Waals surface area contributed by atoms with E-state index < -0.39 is 0 Å². The van der Waals surface area contributed by atoms with Crippen molar-refractivity contribution in [3.63, 3.8) is 0 Å². The number of ketones is 1. The Kier molecular flexibility index (Phi) is 4.20. The molecular weight excluding hydrogens is 258 g/mol. The number of hydrogen-bond acceptors (Lipinski definition) is 4. The predicted molar refractivity (Wildman–Crippen MR) is 72.2 cm³/mol. The lowest BCUT2D eigenvalue weighted by atomic mass is 10.1. The first-order valence-electron chi connectivity index (χ1n) is 6.07. The van der Waals surface area contributed by atoms with Crippen LogP contribution in [0.4, 0.5) is 0 Å². The largest absolute Gasteiger partial charge is 0.503 e. The van der Waals surface area contributed by atoms with Crippen LogP contribution in [-0.2, 0) is 6.54 Å². The van der Waals surface area contributed by atoms with E-state index in [0.29, 0.717) is 17.1 Å². The molecule has 2 rings (SSSR count). The number of ether oxygens (including phenoxy) is 2. The molecule has 0 bridgehead atoms. The van der Waals surface area contributed by atoms with Crippen molar-refractivity contribution >= 4 is 5.78 Å². The third-order valence-corrected chi connectivity index (χ3v) is 2.87. The van der Waals surface area contributed by atoms with Crippen LogP contribution in [0.2, 0.25) is 0 Å². The van der Waals surface area contributed by atoms with Gasteiger partial charge in [0.1, 0.15) is 0 Å². The van der Waals surface area contributed by atoms with Crippen LogP contribution < -0.4 is 14.0 Å². The Hall–Kier alpha value is -2.56. The Labute approximate surface area is 117 Å². The van der Waals surface area contributed by atoms with Crippen LogP contribution in [0.15, 0.2) is 42.7 Å². The zero-order valence-electron chi connectivity index (χ0n) is 11.4. The summed E-state index contributed by atoms with van der Waals surface area (Å²) in [6.07, 6.45) is 3.22. The van der Waals surface area contributed by atoms with Gasteiger partial charge in [-0.2, -0.15) is 4.57 Å². The lowest BCUT2D eigenvalue weighted by Gasteiger charge is -2.08. The fraction of sp³-hybridized carbons (Fsp3) is 0.200. The van der Waals surface area contributed by atoms with E-state index in [1.165, 1.54) is 13.3 Å². The smallest absolute Gasteiger partial charge is 0.227 e. The van der Waals surface area contributed by atoms with Gasteiger partial charge in [0.05, 0.1) is 14.2 Å². The quantitative estimate of drug-likeness (QED) is 0.664. The van der Waals surface area contributed by atoms with Gasteiger partial charge in [0.15, 0.2) is 23.4 Å². The molecule has 20 heavy (non-hydrogen) atoms. The third kappa shape index (κ3) is 3.06. The van der Waals surface area contributed by atoms with Crippen LogP contribution in [0.5, 0.6) is 17.2 Å². The van der Waals surface area contributed by atoms with Gasteiger partial charge in [-0.1, -0.05) is 0 Å². The van der Waals surface area contributed by atoms with E-state index in [0.717, 1.165) is 0 Å². The van der Waals surface area contributed by atoms with Crippen LogP contribution in [-0.4, -0.2) is 25.1 Å². The molecule has 0 saturated heterocycles. The number of nitrogens with zero attached hydrogens (tertiary/aromatic N) is 1. The van der Waals surface area contributed by atoms with Crippen molar-refractivity contribution in [3.05, 3.63) is 48.3 Å². The number of methoxy groups -OCH3 is 2. The Morgan fingerprint density at radius 3 is 2.60 bits per heavy atom. The maximum atomic E-state index is 12.2. The molecule has 0 unspecified atom stereocenters. The highest BCUT2D eigenvalue weighted by atomic mass is 16.5. The van der Waals surface area contributed by atoms with Gasteiger partial charge in [-0.15, -0.1) is 0 Å². The van der Waals surface area contributed by atoms with Crippen LogP contribution in [0.3, 0.4) is 0 Å². The lowest BCUT2D eigenvalue weighted by molar-refractivity contribution is -0.683. The number of carbonyl (C=O) groups is 1. The number of hydrogen-bond donors (Lipinski definition) is 1. The van der Waals surface area contributed by atoms with E-state index in [4.69, 9.17) is 9.47 Å². The van der Waals surface area contributed by atoms with Crippen molar-refractivity contribution in [2.24, 2.45) is 0 Å². The van der Waals surface area contributed by atoms with Gasteiger partial charge < -0.3 is 14.6 Å². The second kappa shape index (κ2) is 6.06. The monoisotopic (exact) mass is 274 g/mol. The third-order valence-electron chi connectivity index (χ3n) is 2.87. The first-order valence-corrected chi connectivity index (χ1v) is 6.07. The highest BCUT2D eigenvalue weighted by Crippen LogP contribution is 2.27. The SMILES string of the molecule is COc1ccc(C(=O)C[n+]2cccc(O)c2)cc1OC. The van der Waals surface area contributed by atoms with Gasteiger partial charge in [0, 0.05) is 11.6 Å². The number of aromatic hydroxyl groups is 1. The Morgan fingerprint density at radius 2 is 1.95 bits per heavy atom. The van der Waals surface area contributed by atoms with Crippen LogP contribution in [0.25, 0.3) is 0 Å². The summed E-state index contributed by atoms with van der Waals surface area (Å²) in [5, 5.41) is 9.38. The highest BCUT2D eigenvalue weighted by Gasteiger charge is 2.15. The average molecular weight is 274 g/mol. The predicted octanol–water partition coefficient (Wildman–Crippen LogP) is 1.58. The van der Waals surface area contributed by atoms with E-state index in [1.54, 1.807) is 48.2 Å². The summed E-state index contributed by atoms with van der Waals surface area (Å²) in [6.45, 7) is 0.143. The Bertz CT molecular complexity index is 625. The first kappa shape index (κ1) is 13.9. The van der Waals surface area contributed by atoms with E-state index in [1.807, 2.05) is 0 Å². The standard InChI is InChI=1S/C15H15NO4/c1-19-14-6-5-11(8-15(14)20-2)13(18)10-16-7-3-4-12(17)9-16/h3-9H,10H2,1-2H3/p+1. The molecule has 5 nitrogen and oxygen atoms in total. The normalized spacial score (nSPS) is 10.1. The molecule has 1 N–H and O–H groups in total. The molecule has 0 radical (unpaired) electrons. The summed E-state index contributed by atoms with van der Waals surface area (Å²) < 4.78 is 11.9. The molecule has 0 aliphatic carbocycles. The van der Waals surface area contributed by atoms with Crippen molar-refractivity contribution in [3.8, 4) is 17.2 Å². The highest BCUT2D eigenvalue weighted by molar-refractivity contribution is 5.95. The first-order chi connectivity index (χ1) is 9.63. The summed E-state index contributed by atoms with van der Waals surface area (Å²) >= 11 is 0. The average Bonchev–Trinajstić information content (AvgIpc) is 2.46. The molecular formula is C15H16NO4+. The molecule has 1 aromatic heterocycles. The summed E-state index contributed by atoms with van der Waals surface area (Å²) in [6, 6.07) is 8.26. The molecule has 1 heterocycles. The van der Waals surface area contributed by atoms with Gasteiger partial charge in [-0.25, -0.2) is 0 Å². The van der Waals surface area contributed by atoms with Crippen LogP contribution in [0, 0.1) is 0 Å². The number of aromatic nitrogens is 1. The maximum Gasteiger partial charge on any atom is 0.227 e. The molecule has 0 fully saturated rings. The Morgan fingerprint density at radius 1 is 1.20 bits per heavy atom. The molecule has 0 saturated carbocycles. The lowest BCUT2D eigenvalue weighted by Crippen LogP contribution is -2.36. The number of rotatable bonds is 5. The number of benzene rings is 1. The zero-order valence-corrected chi connectivity index (χ0v) is 11.4. The van der Waals surface area contributed by atoms with Crippen LogP contribution >= 0.6 is 0 Å². The zero-order chi connectivity index (χ0) is 14.5. The molecule has 5 heteroatoms. The summed E-state index contributed by atoms with van der Waals surface area (Å²) in [5.41, 5.74) is 0.526. The molecule has 0 aliphatic rings. The minimum atomic E-state index is -0.0819. The molecule has 2 aromatic rings. The molecule has 0 atom stereocenters. The van der Waals surface area contributed by atoms with Crippen molar-refractivity contribution in [1.29, 1.82) is 0 Å². The fourth-order valence-corrected chi connectivity index (χ4v) is 1.87. The van der Waals surface area contributed by atoms with Crippen LogP contribution in [0.1, 0.15) is 10.4 Å². The summed E-state index contributed by atoms with van der Waals surface area (Å²) in [4.78, 5) is 12.2. The molecule has 0 amide bonds. The summed E-state index contributed by atoms with van der Waals surface area (Å²) in [5.74, 6) is 1.13. The summed E-state index contributed by atoms with van der Waals surface area (Å²) in [7, 11) is 3.07. The van der Waals surface area contributed by atoms with Gasteiger partial charge in [0.2, 0.25) is 18.5 Å². The van der Waals surface area contributed by atoms with E-state index in [2.05, 4.69) is 0 Å². The van der Waals surface area contributed by atoms with Crippen molar-refractivity contribution < 1.29 is 23.9 Å². The number of pyridine rings is 1. The molecule has 104 valence electrons. The van der Waals surface area contributed by atoms with Gasteiger partial charge in [-0.05, 0) is 24.3 Å². The minimum Gasteiger partial charge on any atom is -0.503 e.